The molecule has 1 atom stereocenters. The van der Waals surface area contributed by atoms with E-state index in [0.29, 0.717) is 6.42 Å². The van der Waals surface area contributed by atoms with E-state index in [1.165, 1.54) is 31.4 Å². The Morgan fingerprint density at radius 2 is 1.79 bits per heavy atom. The van der Waals surface area contributed by atoms with Crippen LogP contribution in [0.15, 0.2) is 29.2 Å². The predicted octanol–water partition coefficient (Wildman–Crippen LogP) is 1.34. The Morgan fingerprint density at radius 1 is 1.21 bits per heavy atom. The number of carboxylic acid groups (broad SMARTS) is 1. The summed E-state index contributed by atoms with van der Waals surface area (Å²) in [6.45, 7) is 3.81. The molecular weight excluding hydrogens is 334 g/mol. The molecule has 0 saturated carbocycles. The fourth-order valence-electron chi connectivity index (χ4n) is 2.06. The smallest absolute Gasteiger partial charge is 0.326 e. The SMILES string of the molecule is COCCS(=O)(=O)c1ccc(C(=O)NC(CC(C)C)C(=O)O)cc1. The van der Waals surface area contributed by atoms with Crippen LogP contribution in [0.2, 0.25) is 0 Å². The number of aliphatic carboxylic acids is 1. The van der Waals surface area contributed by atoms with Gasteiger partial charge in [-0.3, -0.25) is 4.79 Å². The molecular formula is C16H23NO6S. The second-order valence-electron chi connectivity index (χ2n) is 5.83. The van der Waals surface area contributed by atoms with E-state index in [9.17, 15) is 18.0 Å². The maximum absolute atomic E-state index is 12.1. The highest BCUT2D eigenvalue weighted by atomic mass is 32.2. The van der Waals surface area contributed by atoms with Crippen LogP contribution in [0, 0.1) is 5.92 Å². The van der Waals surface area contributed by atoms with E-state index in [1.54, 1.807) is 0 Å². The van der Waals surface area contributed by atoms with Gasteiger partial charge in [-0.25, -0.2) is 13.2 Å². The van der Waals surface area contributed by atoms with E-state index in [1.807, 2.05) is 13.8 Å². The van der Waals surface area contributed by atoms with Crippen molar-refractivity contribution in [1.82, 2.24) is 5.32 Å². The van der Waals surface area contributed by atoms with Gasteiger partial charge in [0.25, 0.3) is 5.91 Å². The number of ether oxygens (including phenoxy) is 1. The van der Waals surface area contributed by atoms with Gasteiger partial charge in [0.15, 0.2) is 9.84 Å². The van der Waals surface area contributed by atoms with Crippen molar-refractivity contribution >= 4 is 21.7 Å². The quantitative estimate of drug-likeness (QED) is 0.690. The minimum Gasteiger partial charge on any atom is -0.480 e. The maximum atomic E-state index is 12.1. The highest BCUT2D eigenvalue weighted by Gasteiger charge is 2.22. The summed E-state index contributed by atoms with van der Waals surface area (Å²) in [6, 6.07) is 4.41. The van der Waals surface area contributed by atoms with Gasteiger partial charge in [-0.2, -0.15) is 0 Å². The molecule has 7 nitrogen and oxygen atoms in total. The highest BCUT2D eigenvalue weighted by Crippen LogP contribution is 2.13. The summed E-state index contributed by atoms with van der Waals surface area (Å²) in [5, 5.41) is 11.6. The first kappa shape index (κ1) is 20.1. The summed E-state index contributed by atoms with van der Waals surface area (Å²) in [6.07, 6.45) is 0.310. The summed E-state index contributed by atoms with van der Waals surface area (Å²) >= 11 is 0. The molecule has 0 saturated heterocycles. The second kappa shape index (κ2) is 8.79. The number of rotatable bonds is 9. The van der Waals surface area contributed by atoms with Gasteiger partial charge in [-0.05, 0) is 36.6 Å². The molecule has 134 valence electrons. The van der Waals surface area contributed by atoms with Crippen molar-refractivity contribution in [3.8, 4) is 0 Å². The number of hydrogen-bond donors (Lipinski definition) is 2. The third-order valence-electron chi connectivity index (χ3n) is 3.34. The molecule has 0 radical (unpaired) electrons. The normalized spacial score (nSPS) is 12.8. The summed E-state index contributed by atoms with van der Waals surface area (Å²) < 4.78 is 28.8. The van der Waals surface area contributed by atoms with Gasteiger partial charge in [0.2, 0.25) is 0 Å². The van der Waals surface area contributed by atoms with Gasteiger partial charge in [0.1, 0.15) is 6.04 Å². The molecule has 0 heterocycles. The van der Waals surface area contributed by atoms with Gasteiger partial charge in [0.05, 0.1) is 17.3 Å². The van der Waals surface area contributed by atoms with Gasteiger partial charge >= 0.3 is 5.97 Å². The van der Waals surface area contributed by atoms with Gasteiger partial charge < -0.3 is 15.2 Å². The molecule has 8 heteroatoms. The van der Waals surface area contributed by atoms with Crippen LogP contribution >= 0.6 is 0 Å². The number of amides is 1. The molecule has 0 spiro atoms. The number of methoxy groups -OCH3 is 1. The zero-order valence-electron chi connectivity index (χ0n) is 14.0. The lowest BCUT2D eigenvalue weighted by molar-refractivity contribution is -0.139. The minimum absolute atomic E-state index is 0.0834. The minimum atomic E-state index is -3.47. The Bertz CT molecular complexity index is 666. The summed E-state index contributed by atoms with van der Waals surface area (Å²) in [5.41, 5.74) is 0.204. The van der Waals surface area contributed by atoms with E-state index < -0.39 is 27.8 Å². The fourth-order valence-corrected chi connectivity index (χ4v) is 3.23. The van der Waals surface area contributed by atoms with Crippen LogP contribution in [0.3, 0.4) is 0 Å². The lowest BCUT2D eigenvalue weighted by atomic mass is 10.0. The summed E-state index contributed by atoms with van der Waals surface area (Å²) in [5.74, 6) is -1.69. The zero-order chi connectivity index (χ0) is 18.3. The molecule has 1 amide bonds. The molecule has 0 aromatic heterocycles. The Kier molecular flexibility index (Phi) is 7.37. The number of sulfone groups is 1. The van der Waals surface area contributed by atoms with Crippen LogP contribution in [-0.2, 0) is 19.4 Å². The van der Waals surface area contributed by atoms with E-state index in [0.717, 1.165) is 0 Å². The highest BCUT2D eigenvalue weighted by molar-refractivity contribution is 7.91. The van der Waals surface area contributed by atoms with E-state index in [-0.39, 0.29) is 28.7 Å². The molecule has 0 aliphatic carbocycles. The first-order chi connectivity index (χ1) is 11.2. The fraction of sp³-hybridized carbons (Fsp3) is 0.500. The lowest BCUT2D eigenvalue weighted by Gasteiger charge is -2.16. The molecule has 1 aromatic rings. The van der Waals surface area contributed by atoms with Gasteiger partial charge in [-0.1, -0.05) is 13.8 Å². The molecule has 0 bridgehead atoms. The molecule has 0 fully saturated rings. The average molecular weight is 357 g/mol. The zero-order valence-corrected chi connectivity index (χ0v) is 14.8. The van der Waals surface area contributed by atoms with Crippen LogP contribution in [0.4, 0.5) is 0 Å². The number of carbonyl (C=O) groups excluding carboxylic acids is 1. The van der Waals surface area contributed by atoms with Crippen LogP contribution in [-0.4, -0.2) is 50.9 Å². The van der Waals surface area contributed by atoms with Gasteiger partial charge in [-0.15, -0.1) is 0 Å². The topological polar surface area (TPSA) is 110 Å². The number of nitrogens with one attached hydrogen (secondary N) is 1. The van der Waals surface area contributed by atoms with Crippen molar-refractivity contribution in [3.63, 3.8) is 0 Å². The van der Waals surface area contributed by atoms with Crippen LogP contribution < -0.4 is 5.32 Å². The average Bonchev–Trinajstić information content (AvgIpc) is 2.52. The molecule has 24 heavy (non-hydrogen) atoms. The number of benzene rings is 1. The lowest BCUT2D eigenvalue weighted by Crippen LogP contribution is -2.41. The van der Waals surface area contributed by atoms with E-state index >= 15 is 0 Å². The van der Waals surface area contributed by atoms with Crippen molar-refractivity contribution in [2.45, 2.75) is 31.2 Å². The van der Waals surface area contributed by atoms with Crippen molar-refractivity contribution < 1.29 is 27.9 Å². The monoisotopic (exact) mass is 357 g/mol. The third kappa shape index (κ3) is 5.93. The molecule has 0 aliphatic rings. The molecule has 2 N–H and O–H groups in total. The van der Waals surface area contributed by atoms with Crippen LogP contribution in [0.25, 0.3) is 0 Å². The number of carbonyl (C=O) groups is 2. The molecule has 1 unspecified atom stereocenters. The Labute approximate surface area is 141 Å². The van der Waals surface area contributed by atoms with E-state index in [4.69, 9.17) is 9.84 Å². The van der Waals surface area contributed by atoms with Crippen molar-refractivity contribution in [2.75, 3.05) is 19.5 Å². The van der Waals surface area contributed by atoms with E-state index in [2.05, 4.69) is 5.32 Å². The second-order valence-corrected chi connectivity index (χ2v) is 7.94. The van der Waals surface area contributed by atoms with Crippen molar-refractivity contribution in [2.24, 2.45) is 5.92 Å². The molecule has 1 aromatic carbocycles. The molecule has 1 rings (SSSR count). The largest absolute Gasteiger partial charge is 0.480 e. The first-order valence-electron chi connectivity index (χ1n) is 7.52. The van der Waals surface area contributed by atoms with Crippen LogP contribution in [0.1, 0.15) is 30.6 Å². The third-order valence-corrected chi connectivity index (χ3v) is 5.04. The summed E-state index contributed by atoms with van der Waals surface area (Å²) in [7, 11) is -2.05. The standard InChI is InChI=1S/C16H23NO6S/c1-11(2)10-14(16(19)20)17-15(18)12-4-6-13(7-5-12)24(21,22)9-8-23-3/h4-7,11,14H,8-10H2,1-3H3,(H,17,18)(H,19,20). The Hall–Kier alpha value is -1.93. The Morgan fingerprint density at radius 3 is 2.25 bits per heavy atom. The van der Waals surface area contributed by atoms with Gasteiger partial charge in [0, 0.05) is 12.7 Å². The number of hydrogen-bond acceptors (Lipinski definition) is 5. The maximum Gasteiger partial charge on any atom is 0.326 e. The number of carboxylic acids is 1. The van der Waals surface area contributed by atoms with Crippen molar-refractivity contribution in [1.29, 1.82) is 0 Å². The predicted molar refractivity (Wildman–Crippen MR) is 88.7 cm³/mol. The molecule has 0 aliphatic heterocycles. The van der Waals surface area contributed by atoms with Crippen molar-refractivity contribution in [3.05, 3.63) is 29.8 Å². The summed E-state index contributed by atoms with van der Waals surface area (Å²) in [4.78, 5) is 23.4. The Balaban J connectivity index is 2.84. The first-order valence-corrected chi connectivity index (χ1v) is 9.18. The van der Waals surface area contributed by atoms with Crippen LogP contribution in [0.5, 0.6) is 0 Å².